The zero-order valence-electron chi connectivity index (χ0n) is 18.6. The number of nitrogens with zero attached hydrogens (tertiary/aromatic N) is 2. The number of benzene rings is 2. The second-order valence-corrected chi connectivity index (χ2v) is 11.4. The van der Waals surface area contributed by atoms with Crippen LogP contribution in [0.2, 0.25) is 0 Å². The van der Waals surface area contributed by atoms with Crippen LogP contribution in [-0.2, 0) is 32.6 Å². The van der Waals surface area contributed by atoms with Gasteiger partial charge in [0, 0.05) is 49.2 Å². The summed E-state index contributed by atoms with van der Waals surface area (Å²) in [6, 6.07) is 12.8. The summed E-state index contributed by atoms with van der Waals surface area (Å²) in [6.45, 7) is 3.27. The Labute approximate surface area is 203 Å². The number of amides is 2. The summed E-state index contributed by atoms with van der Waals surface area (Å²) in [6.07, 6.45) is 2.56. The van der Waals surface area contributed by atoms with E-state index in [-0.39, 0.29) is 22.6 Å². The molecule has 2 aromatic carbocycles. The van der Waals surface area contributed by atoms with Crippen LogP contribution in [0.5, 0.6) is 0 Å². The monoisotopic (exact) mass is 533 g/mol. The molecule has 1 saturated heterocycles. The lowest BCUT2D eigenvalue weighted by atomic mass is 9.97. The van der Waals surface area contributed by atoms with Crippen LogP contribution in [0.1, 0.15) is 37.3 Å². The highest BCUT2D eigenvalue weighted by molar-refractivity contribution is 9.10. The van der Waals surface area contributed by atoms with Crippen LogP contribution >= 0.6 is 15.9 Å². The molecule has 0 bridgehead atoms. The van der Waals surface area contributed by atoms with Gasteiger partial charge >= 0.3 is 0 Å². The molecule has 4 rings (SSSR count). The van der Waals surface area contributed by atoms with Crippen molar-refractivity contribution in [2.24, 2.45) is 5.92 Å². The molecule has 0 aliphatic carbocycles. The summed E-state index contributed by atoms with van der Waals surface area (Å²) >= 11 is 3.40. The lowest BCUT2D eigenvalue weighted by Gasteiger charge is -2.32. The van der Waals surface area contributed by atoms with Gasteiger partial charge in [-0.3, -0.25) is 9.59 Å². The van der Waals surface area contributed by atoms with Crippen molar-refractivity contribution in [3.8, 4) is 0 Å². The Kier molecular flexibility index (Phi) is 7.21. The molecule has 2 aliphatic rings. The van der Waals surface area contributed by atoms with Gasteiger partial charge in [-0.15, -0.1) is 0 Å². The predicted octanol–water partition coefficient (Wildman–Crippen LogP) is 3.47. The molecule has 0 saturated carbocycles. The molecule has 0 spiro atoms. The van der Waals surface area contributed by atoms with E-state index in [2.05, 4.69) is 21.2 Å². The Morgan fingerprint density at radius 1 is 1.06 bits per heavy atom. The maximum Gasteiger partial charge on any atom is 0.243 e. The largest absolute Gasteiger partial charge is 0.352 e. The Bertz CT molecular complexity index is 1140. The highest BCUT2D eigenvalue weighted by Crippen LogP contribution is 2.31. The number of anilines is 1. The van der Waals surface area contributed by atoms with Gasteiger partial charge in [0.25, 0.3) is 0 Å². The molecule has 2 aromatic rings. The van der Waals surface area contributed by atoms with Crippen LogP contribution in [0.4, 0.5) is 5.69 Å². The third-order valence-electron chi connectivity index (χ3n) is 6.39. The molecule has 2 amide bonds. The fourth-order valence-corrected chi connectivity index (χ4v) is 6.29. The third-order valence-corrected chi connectivity index (χ3v) is 8.82. The quantitative estimate of drug-likeness (QED) is 0.637. The van der Waals surface area contributed by atoms with Gasteiger partial charge in [-0.1, -0.05) is 28.1 Å². The number of sulfonamides is 1. The first-order chi connectivity index (χ1) is 15.8. The van der Waals surface area contributed by atoms with Crippen molar-refractivity contribution in [3.63, 3.8) is 0 Å². The molecular weight excluding hydrogens is 506 g/mol. The smallest absolute Gasteiger partial charge is 0.243 e. The summed E-state index contributed by atoms with van der Waals surface area (Å²) in [5.74, 6) is -0.264. The predicted molar refractivity (Wildman–Crippen MR) is 130 cm³/mol. The summed E-state index contributed by atoms with van der Waals surface area (Å²) in [7, 11) is -3.65. The first-order valence-electron chi connectivity index (χ1n) is 11.2. The van der Waals surface area contributed by atoms with E-state index in [9.17, 15) is 18.0 Å². The van der Waals surface area contributed by atoms with Crippen LogP contribution in [0.25, 0.3) is 0 Å². The van der Waals surface area contributed by atoms with Crippen molar-refractivity contribution >= 4 is 43.5 Å². The minimum absolute atomic E-state index is 0.0342. The summed E-state index contributed by atoms with van der Waals surface area (Å²) in [5, 5.41) is 2.97. The van der Waals surface area contributed by atoms with Gasteiger partial charge in [-0.2, -0.15) is 4.31 Å². The molecule has 2 aliphatic heterocycles. The molecule has 7 nitrogen and oxygen atoms in total. The number of halogens is 1. The van der Waals surface area contributed by atoms with Crippen LogP contribution in [0.3, 0.4) is 0 Å². The summed E-state index contributed by atoms with van der Waals surface area (Å²) < 4.78 is 28.9. The maximum absolute atomic E-state index is 13.2. The molecule has 0 radical (unpaired) electrons. The summed E-state index contributed by atoms with van der Waals surface area (Å²) in [4.78, 5) is 26.4. The van der Waals surface area contributed by atoms with E-state index in [0.717, 1.165) is 34.1 Å². The second-order valence-electron chi connectivity index (χ2n) is 8.59. The number of aryl methyl sites for hydroxylation is 1. The van der Waals surface area contributed by atoms with E-state index in [1.165, 1.54) is 11.2 Å². The van der Waals surface area contributed by atoms with Gasteiger partial charge < -0.3 is 10.2 Å². The molecule has 1 N–H and O–H groups in total. The van der Waals surface area contributed by atoms with Gasteiger partial charge in [0.1, 0.15) is 0 Å². The van der Waals surface area contributed by atoms with E-state index in [4.69, 9.17) is 0 Å². The fraction of sp³-hybridized carbons (Fsp3) is 0.417. The highest BCUT2D eigenvalue weighted by Gasteiger charge is 2.33. The standard InChI is InChI=1S/C24H28BrN3O4S/c1-17(29)28-12-2-3-20-15-22(8-9-23(20)28)33(31,32)27-13-10-19(11-14-27)24(30)26-16-18-4-6-21(25)7-5-18/h4-9,15,19H,2-3,10-14,16H2,1H3,(H,26,30). The maximum atomic E-state index is 13.2. The molecule has 2 heterocycles. The molecule has 0 atom stereocenters. The normalized spacial score (nSPS) is 17.5. The van der Waals surface area contributed by atoms with Crippen molar-refractivity contribution in [3.05, 3.63) is 58.1 Å². The van der Waals surface area contributed by atoms with Crippen LogP contribution in [0, 0.1) is 5.92 Å². The first kappa shape index (κ1) is 23.9. The Morgan fingerprint density at radius 2 is 1.76 bits per heavy atom. The number of fused-ring (bicyclic) bond motifs is 1. The lowest BCUT2D eigenvalue weighted by Crippen LogP contribution is -2.43. The number of piperidine rings is 1. The zero-order chi connectivity index (χ0) is 23.6. The minimum Gasteiger partial charge on any atom is -0.352 e. The third kappa shape index (κ3) is 5.31. The van der Waals surface area contributed by atoms with Crippen molar-refractivity contribution < 1.29 is 18.0 Å². The lowest BCUT2D eigenvalue weighted by molar-refractivity contribution is -0.126. The van der Waals surface area contributed by atoms with Crippen LogP contribution in [-0.4, -0.2) is 44.2 Å². The Morgan fingerprint density at radius 3 is 2.42 bits per heavy atom. The van der Waals surface area contributed by atoms with E-state index in [0.29, 0.717) is 39.0 Å². The molecule has 33 heavy (non-hydrogen) atoms. The molecule has 0 unspecified atom stereocenters. The van der Waals surface area contributed by atoms with Crippen molar-refractivity contribution in [2.75, 3.05) is 24.5 Å². The number of nitrogens with one attached hydrogen (secondary N) is 1. The minimum atomic E-state index is -3.65. The van der Waals surface area contributed by atoms with Crippen molar-refractivity contribution in [2.45, 2.75) is 44.0 Å². The second kappa shape index (κ2) is 9.95. The van der Waals surface area contributed by atoms with Gasteiger partial charge in [-0.05, 0) is 67.1 Å². The first-order valence-corrected chi connectivity index (χ1v) is 13.4. The molecule has 1 fully saturated rings. The molecule has 9 heteroatoms. The van der Waals surface area contributed by atoms with Gasteiger partial charge in [0.15, 0.2) is 0 Å². The van der Waals surface area contributed by atoms with E-state index < -0.39 is 10.0 Å². The average molecular weight is 534 g/mol. The van der Waals surface area contributed by atoms with Crippen LogP contribution in [0.15, 0.2) is 51.8 Å². The topological polar surface area (TPSA) is 86.8 Å². The molecule has 176 valence electrons. The van der Waals surface area contributed by atoms with Gasteiger partial charge in [0.2, 0.25) is 21.8 Å². The highest BCUT2D eigenvalue weighted by atomic mass is 79.9. The SMILES string of the molecule is CC(=O)N1CCCc2cc(S(=O)(=O)N3CCC(C(=O)NCc4ccc(Br)cc4)CC3)ccc21. The van der Waals surface area contributed by atoms with E-state index >= 15 is 0 Å². The number of carbonyl (C=O) groups is 2. The number of carbonyl (C=O) groups excluding carboxylic acids is 2. The molecule has 0 aromatic heterocycles. The number of hydrogen-bond donors (Lipinski definition) is 1. The Balaban J connectivity index is 1.37. The van der Waals surface area contributed by atoms with Crippen molar-refractivity contribution in [1.82, 2.24) is 9.62 Å². The number of rotatable bonds is 5. The summed E-state index contributed by atoms with van der Waals surface area (Å²) in [5.41, 5.74) is 2.70. The van der Waals surface area contributed by atoms with Gasteiger partial charge in [-0.25, -0.2) is 8.42 Å². The number of hydrogen-bond acceptors (Lipinski definition) is 4. The molecular formula is C24H28BrN3O4S. The van der Waals surface area contributed by atoms with Crippen molar-refractivity contribution in [1.29, 1.82) is 0 Å². The van der Waals surface area contributed by atoms with Gasteiger partial charge in [0.05, 0.1) is 4.90 Å². The average Bonchev–Trinajstić information content (AvgIpc) is 2.82. The van der Waals surface area contributed by atoms with E-state index in [1.807, 2.05) is 24.3 Å². The van der Waals surface area contributed by atoms with E-state index in [1.54, 1.807) is 23.1 Å². The zero-order valence-corrected chi connectivity index (χ0v) is 21.0. The fourth-order valence-electron chi connectivity index (χ4n) is 4.50. The van der Waals surface area contributed by atoms with Crippen LogP contribution < -0.4 is 10.2 Å². The Hall–Kier alpha value is -2.23.